The Labute approximate surface area is 161 Å². The molecule has 1 N–H and O–H groups in total. The number of phenols is 1. The molecule has 1 heterocycles. The van der Waals surface area contributed by atoms with Crippen LogP contribution in [0.5, 0.6) is 5.75 Å². The van der Waals surface area contributed by atoms with Gasteiger partial charge in [-0.3, -0.25) is 9.69 Å². The van der Waals surface area contributed by atoms with Gasteiger partial charge in [0.15, 0.2) is 0 Å². The summed E-state index contributed by atoms with van der Waals surface area (Å²) in [5.74, 6) is 2.74. The van der Waals surface area contributed by atoms with Crippen molar-refractivity contribution in [1.29, 1.82) is 0 Å². The maximum atomic E-state index is 12.5. The van der Waals surface area contributed by atoms with Crippen LogP contribution >= 0.6 is 0 Å². The first-order valence-electron chi connectivity index (χ1n) is 10.7. The lowest BCUT2D eigenvalue weighted by molar-refractivity contribution is -0.129. The molecule has 2 saturated carbocycles. The van der Waals surface area contributed by atoms with E-state index in [0.717, 1.165) is 70.5 Å². The minimum absolute atomic E-state index is 0.0633. The zero-order valence-electron chi connectivity index (χ0n) is 16.4. The van der Waals surface area contributed by atoms with E-state index in [1.54, 1.807) is 0 Å². The molecule has 0 unspecified atom stereocenters. The first kappa shape index (κ1) is 17.7. The van der Waals surface area contributed by atoms with Crippen molar-refractivity contribution in [2.45, 2.75) is 57.9 Å². The van der Waals surface area contributed by atoms with E-state index in [9.17, 15) is 9.90 Å². The molecule has 1 aromatic rings. The molecule has 1 aliphatic heterocycles. The first-order valence-corrected chi connectivity index (χ1v) is 10.7. The van der Waals surface area contributed by atoms with Crippen LogP contribution in [0.4, 0.5) is 0 Å². The molecule has 0 aromatic heterocycles. The van der Waals surface area contributed by atoms with Crippen molar-refractivity contribution < 1.29 is 14.6 Å². The second-order valence-electron chi connectivity index (χ2n) is 9.40. The van der Waals surface area contributed by atoms with Crippen molar-refractivity contribution in [3.05, 3.63) is 28.8 Å². The molecule has 1 saturated heterocycles. The minimum Gasteiger partial charge on any atom is -0.508 e. The van der Waals surface area contributed by atoms with Gasteiger partial charge < -0.3 is 9.84 Å². The van der Waals surface area contributed by atoms with Gasteiger partial charge in [-0.1, -0.05) is 13.0 Å². The predicted molar refractivity (Wildman–Crippen MR) is 104 cm³/mol. The van der Waals surface area contributed by atoms with Crippen molar-refractivity contribution >= 4 is 5.78 Å². The fraction of sp³-hybridized carbons (Fsp3) is 0.696. The summed E-state index contributed by atoms with van der Waals surface area (Å²) in [7, 11) is 0. The number of ketones is 1. The molecule has 0 amide bonds. The number of ether oxygens (including phenoxy) is 1. The number of morpholine rings is 1. The van der Waals surface area contributed by atoms with E-state index in [-0.39, 0.29) is 5.41 Å². The van der Waals surface area contributed by atoms with Crippen LogP contribution in [0.2, 0.25) is 0 Å². The van der Waals surface area contributed by atoms with Gasteiger partial charge in [0.1, 0.15) is 11.5 Å². The van der Waals surface area contributed by atoms with Crippen molar-refractivity contribution in [3.63, 3.8) is 0 Å². The molecule has 3 fully saturated rings. The highest BCUT2D eigenvalue weighted by Gasteiger charge is 2.54. The van der Waals surface area contributed by atoms with Gasteiger partial charge in [-0.2, -0.15) is 0 Å². The quantitative estimate of drug-likeness (QED) is 0.865. The highest BCUT2D eigenvalue weighted by atomic mass is 16.5. The Kier molecular flexibility index (Phi) is 4.32. The first-order chi connectivity index (χ1) is 13.1. The highest BCUT2D eigenvalue weighted by Crippen LogP contribution is 2.59. The number of Topliss-reactive ketones (excluding diaryl/α,β-unsaturated/α-hetero) is 1. The number of hydrogen-bond donors (Lipinski definition) is 1. The third kappa shape index (κ3) is 2.84. The number of rotatable bonds is 2. The number of nitrogens with zero attached hydrogens (tertiary/aromatic N) is 1. The van der Waals surface area contributed by atoms with Crippen molar-refractivity contribution in [1.82, 2.24) is 4.90 Å². The molecule has 4 heteroatoms. The second-order valence-corrected chi connectivity index (χ2v) is 9.40. The molecular formula is C23H31NO3. The highest BCUT2D eigenvalue weighted by molar-refractivity contribution is 5.87. The van der Waals surface area contributed by atoms with E-state index in [0.29, 0.717) is 29.3 Å². The molecule has 4 aliphatic rings. The average molecular weight is 370 g/mol. The Balaban J connectivity index is 1.44. The third-order valence-corrected chi connectivity index (χ3v) is 8.13. The van der Waals surface area contributed by atoms with Crippen molar-refractivity contribution in [2.24, 2.45) is 17.3 Å². The Morgan fingerprint density at radius 3 is 2.81 bits per heavy atom. The summed E-state index contributed by atoms with van der Waals surface area (Å²) in [6.07, 6.45) is 6.25. The van der Waals surface area contributed by atoms with E-state index >= 15 is 0 Å². The van der Waals surface area contributed by atoms with E-state index in [1.165, 1.54) is 17.5 Å². The molecule has 0 spiro atoms. The Morgan fingerprint density at radius 2 is 2.00 bits per heavy atom. The lowest BCUT2D eigenvalue weighted by atomic mass is 9.55. The van der Waals surface area contributed by atoms with E-state index in [1.807, 2.05) is 6.07 Å². The van der Waals surface area contributed by atoms with Gasteiger partial charge in [-0.05, 0) is 67.1 Å². The van der Waals surface area contributed by atoms with Crippen LogP contribution in [0.15, 0.2) is 12.1 Å². The van der Waals surface area contributed by atoms with Crippen LogP contribution in [-0.4, -0.2) is 42.1 Å². The van der Waals surface area contributed by atoms with Gasteiger partial charge in [0, 0.05) is 37.0 Å². The van der Waals surface area contributed by atoms with Crippen molar-refractivity contribution in [3.8, 4) is 5.75 Å². The Hall–Kier alpha value is -1.39. The summed E-state index contributed by atoms with van der Waals surface area (Å²) >= 11 is 0. The number of benzene rings is 1. The van der Waals surface area contributed by atoms with Crippen LogP contribution in [0.25, 0.3) is 0 Å². The summed E-state index contributed by atoms with van der Waals surface area (Å²) < 4.78 is 5.46. The number of aromatic hydroxyl groups is 1. The molecule has 5 rings (SSSR count). The molecule has 1 aromatic carbocycles. The molecule has 3 aliphatic carbocycles. The maximum absolute atomic E-state index is 12.5. The number of fused-ring (bicyclic) bond motifs is 5. The van der Waals surface area contributed by atoms with E-state index < -0.39 is 0 Å². The topological polar surface area (TPSA) is 49.8 Å². The summed E-state index contributed by atoms with van der Waals surface area (Å²) in [6.45, 7) is 6.48. The fourth-order valence-electron chi connectivity index (χ4n) is 6.55. The number of aryl methyl sites for hydroxylation is 1. The largest absolute Gasteiger partial charge is 0.508 e. The summed E-state index contributed by atoms with van der Waals surface area (Å²) in [6, 6.07) is 4.34. The monoisotopic (exact) mass is 369 g/mol. The lowest BCUT2D eigenvalue weighted by Gasteiger charge is -2.48. The van der Waals surface area contributed by atoms with Gasteiger partial charge in [-0.15, -0.1) is 0 Å². The second kappa shape index (κ2) is 6.59. The molecule has 0 radical (unpaired) electrons. The number of carbonyl (C=O) groups excluding carboxylic acids is 1. The summed E-state index contributed by atoms with van der Waals surface area (Å²) in [5, 5.41) is 10.6. The Bertz CT molecular complexity index is 754. The van der Waals surface area contributed by atoms with Crippen LogP contribution in [0, 0.1) is 17.3 Å². The minimum atomic E-state index is -0.0633. The number of carbonyl (C=O) groups is 1. The molecule has 4 nitrogen and oxygen atoms in total. The van der Waals surface area contributed by atoms with Gasteiger partial charge in [0.25, 0.3) is 0 Å². The SMILES string of the molecule is C[C@]12CC[C@@H]3c4cc(CN5CCOCC5)c(O)cc4CC[C@H]3[C@@H]1CCC2=O. The van der Waals surface area contributed by atoms with Gasteiger partial charge in [0.05, 0.1) is 13.2 Å². The van der Waals surface area contributed by atoms with Gasteiger partial charge in [-0.25, -0.2) is 0 Å². The van der Waals surface area contributed by atoms with Gasteiger partial charge in [0.2, 0.25) is 0 Å². The van der Waals surface area contributed by atoms with Crippen LogP contribution in [0.1, 0.15) is 61.6 Å². The zero-order valence-corrected chi connectivity index (χ0v) is 16.4. The maximum Gasteiger partial charge on any atom is 0.139 e. The van der Waals surface area contributed by atoms with Gasteiger partial charge >= 0.3 is 0 Å². The normalized spacial score (nSPS) is 36.2. The summed E-state index contributed by atoms with van der Waals surface area (Å²) in [4.78, 5) is 14.9. The fourth-order valence-corrected chi connectivity index (χ4v) is 6.55. The molecule has 27 heavy (non-hydrogen) atoms. The molecular weight excluding hydrogens is 338 g/mol. The third-order valence-electron chi connectivity index (χ3n) is 8.13. The van der Waals surface area contributed by atoms with Crippen LogP contribution in [0.3, 0.4) is 0 Å². The smallest absolute Gasteiger partial charge is 0.139 e. The molecule has 146 valence electrons. The zero-order chi connectivity index (χ0) is 18.6. The van der Waals surface area contributed by atoms with Crippen LogP contribution in [-0.2, 0) is 22.5 Å². The summed E-state index contributed by atoms with van der Waals surface area (Å²) in [5.41, 5.74) is 3.81. The standard InChI is InChI=1S/C23H31NO3/c1-23-7-6-17-18(20(23)4-5-22(23)26)3-2-15-13-21(25)16(12-19(15)17)14-24-8-10-27-11-9-24/h12-13,17-18,20,25H,2-11,14H2,1H3/t17-,18+,20-,23-/m0/s1. The lowest BCUT2D eigenvalue weighted by Crippen LogP contribution is -2.42. The number of hydrogen-bond acceptors (Lipinski definition) is 4. The number of phenolic OH excluding ortho intramolecular Hbond substituents is 1. The molecule has 4 atom stereocenters. The van der Waals surface area contributed by atoms with E-state index in [2.05, 4.69) is 17.9 Å². The van der Waals surface area contributed by atoms with E-state index in [4.69, 9.17) is 4.74 Å². The molecule has 0 bridgehead atoms. The average Bonchev–Trinajstić information content (AvgIpc) is 2.98. The van der Waals surface area contributed by atoms with Crippen molar-refractivity contribution in [2.75, 3.05) is 26.3 Å². The predicted octanol–water partition coefficient (Wildman–Crippen LogP) is 3.65. The Morgan fingerprint density at radius 1 is 1.19 bits per heavy atom. The van der Waals surface area contributed by atoms with Crippen LogP contribution < -0.4 is 0 Å².